The summed E-state index contributed by atoms with van der Waals surface area (Å²) < 4.78 is 4.58. The minimum Gasteiger partial charge on any atom is -0.346 e. The smallest absolute Gasteiger partial charge is 0.271 e. The van der Waals surface area contributed by atoms with E-state index in [1.54, 1.807) is 12.4 Å². The Labute approximate surface area is 123 Å². The molecule has 0 saturated heterocycles. The molecule has 0 aliphatic carbocycles. The lowest BCUT2D eigenvalue weighted by atomic mass is 10.2. The highest BCUT2D eigenvalue weighted by Crippen LogP contribution is 2.17. The molecule has 0 atom stereocenters. The standard InChI is InChI=1S/C12H13BrN4OS/c1-7(2)11-14-6-9(13)10(17-11)12(18)15-5-8-3-4-16-19-8/h3-4,6-7H,5H2,1-2H3,(H,15,18). The third-order valence-corrected chi connectivity index (χ3v) is 3.73. The van der Waals surface area contributed by atoms with Crippen LogP contribution in [-0.4, -0.2) is 20.2 Å². The van der Waals surface area contributed by atoms with Gasteiger partial charge in [0.25, 0.3) is 5.91 Å². The van der Waals surface area contributed by atoms with E-state index in [2.05, 4.69) is 35.6 Å². The van der Waals surface area contributed by atoms with Crippen LogP contribution in [0.15, 0.2) is 22.9 Å². The van der Waals surface area contributed by atoms with E-state index in [0.717, 1.165) is 4.88 Å². The van der Waals surface area contributed by atoms with E-state index < -0.39 is 0 Å². The number of carbonyl (C=O) groups is 1. The highest BCUT2D eigenvalue weighted by Gasteiger charge is 2.15. The molecule has 0 bridgehead atoms. The second-order valence-electron chi connectivity index (χ2n) is 4.24. The molecule has 7 heteroatoms. The van der Waals surface area contributed by atoms with E-state index in [4.69, 9.17) is 0 Å². The van der Waals surface area contributed by atoms with Gasteiger partial charge < -0.3 is 5.32 Å². The molecule has 19 heavy (non-hydrogen) atoms. The van der Waals surface area contributed by atoms with E-state index >= 15 is 0 Å². The summed E-state index contributed by atoms with van der Waals surface area (Å²) in [4.78, 5) is 21.6. The van der Waals surface area contributed by atoms with Crippen molar-refractivity contribution in [1.82, 2.24) is 19.7 Å². The molecule has 2 aromatic rings. The summed E-state index contributed by atoms with van der Waals surface area (Å²) in [6, 6.07) is 1.87. The lowest BCUT2D eigenvalue weighted by molar-refractivity contribution is 0.0945. The number of halogens is 1. The van der Waals surface area contributed by atoms with Crippen molar-refractivity contribution in [3.63, 3.8) is 0 Å². The van der Waals surface area contributed by atoms with Crippen molar-refractivity contribution in [1.29, 1.82) is 0 Å². The molecule has 100 valence electrons. The summed E-state index contributed by atoms with van der Waals surface area (Å²) in [7, 11) is 0. The van der Waals surface area contributed by atoms with Gasteiger partial charge in [0.1, 0.15) is 11.5 Å². The largest absolute Gasteiger partial charge is 0.346 e. The summed E-state index contributed by atoms with van der Waals surface area (Å²) in [6.45, 7) is 4.43. The second-order valence-corrected chi connectivity index (χ2v) is 6.01. The Balaban J connectivity index is 2.11. The van der Waals surface area contributed by atoms with Gasteiger partial charge in [0.05, 0.1) is 11.0 Å². The molecule has 0 aliphatic heterocycles. The monoisotopic (exact) mass is 340 g/mol. The summed E-state index contributed by atoms with van der Waals surface area (Å²) >= 11 is 4.67. The van der Waals surface area contributed by atoms with Gasteiger partial charge in [0, 0.05) is 23.2 Å². The first-order valence-electron chi connectivity index (χ1n) is 5.78. The van der Waals surface area contributed by atoms with Crippen molar-refractivity contribution >= 4 is 33.4 Å². The maximum atomic E-state index is 12.1. The van der Waals surface area contributed by atoms with Crippen molar-refractivity contribution in [2.75, 3.05) is 0 Å². The van der Waals surface area contributed by atoms with Crippen molar-refractivity contribution in [2.45, 2.75) is 26.3 Å². The minimum atomic E-state index is -0.218. The maximum absolute atomic E-state index is 12.1. The first-order valence-corrected chi connectivity index (χ1v) is 7.34. The van der Waals surface area contributed by atoms with Crippen LogP contribution >= 0.6 is 27.5 Å². The molecule has 0 spiro atoms. The van der Waals surface area contributed by atoms with Gasteiger partial charge in [0.15, 0.2) is 0 Å². The Morgan fingerprint density at radius 2 is 2.32 bits per heavy atom. The lowest BCUT2D eigenvalue weighted by Gasteiger charge is -2.08. The molecule has 2 heterocycles. The Bertz CT molecular complexity index is 571. The van der Waals surface area contributed by atoms with Gasteiger partial charge in [-0.25, -0.2) is 14.3 Å². The van der Waals surface area contributed by atoms with Crippen LogP contribution in [0.5, 0.6) is 0 Å². The van der Waals surface area contributed by atoms with Crippen molar-refractivity contribution in [3.8, 4) is 0 Å². The van der Waals surface area contributed by atoms with Gasteiger partial charge >= 0.3 is 0 Å². The van der Waals surface area contributed by atoms with Gasteiger partial charge in [-0.1, -0.05) is 13.8 Å². The fourth-order valence-electron chi connectivity index (χ4n) is 1.40. The van der Waals surface area contributed by atoms with E-state index in [0.29, 0.717) is 22.5 Å². The third kappa shape index (κ3) is 3.57. The normalized spacial score (nSPS) is 10.7. The van der Waals surface area contributed by atoms with Crippen LogP contribution in [0.4, 0.5) is 0 Å². The number of nitrogens with zero attached hydrogens (tertiary/aromatic N) is 3. The Hall–Kier alpha value is -1.34. The zero-order chi connectivity index (χ0) is 13.8. The zero-order valence-corrected chi connectivity index (χ0v) is 13.0. The van der Waals surface area contributed by atoms with Gasteiger partial charge in [-0.05, 0) is 33.5 Å². The first kappa shape index (κ1) is 14.1. The molecule has 0 saturated carbocycles. The molecule has 2 rings (SSSR count). The third-order valence-electron chi connectivity index (χ3n) is 2.41. The summed E-state index contributed by atoms with van der Waals surface area (Å²) in [5, 5.41) is 2.82. The number of amides is 1. The summed E-state index contributed by atoms with van der Waals surface area (Å²) in [5.74, 6) is 0.622. The Kier molecular flexibility index (Phi) is 4.60. The van der Waals surface area contributed by atoms with Crippen molar-refractivity contribution < 1.29 is 4.79 Å². The number of rotatable bonds is 4. The van der Waals surface area contributed by atoms with Crippen LogP contribution in [0, 0.1) is 0 Å². The van der Waals surface area contributed by atoms with Crippen LogP contribution in [0.3, 0.4) is 0 Å². The molecule has 1 amide bonds. The molecular weight excluding hydrogens is 328 g/mol. The van der Waals surface area contributed by atoms with Crippen LogP contribution in [0.1, 0.15) is 41.0 Å². The first-order chi connectivity index (χ1) is 9.08. The number of carbonyl (C=O) groups excluding carboxylic acids is 1. The molecule has 0 unspecified atom stereocenters. The van der Waals surface area contributed by atoms with Crippen LogP contribution in [0.25, 0.3) is 0 Å². The van der Waals surface area contributed by atoms with E-state index in [9.17, 15) is 4.79 Å². The molecule has 1 N–H and O–H groups in total. The average Bonchev–Trinajstić information content (AvgIpc) is 2.89. The Morgan fingerprint density at radius 3 is 2.95 bits per heavy atom. The fraction of sp³-hybridized carbons (Fsp3) is 0.333. The summed E-state index contributed by atoms with van der Waals surface area (Å²) in [5.41, 5.74) is 0.364. The van der Waals surface area contributed by atoms with Gasteiger partial charge in [0.2, 0.25) is 0 Å². The SMILES string of the molecule is CC(C)c1ncc(Br)c(C(=O)NCc2ccns2)n1. The molecular formula is C12H13BrN4OS. The van der Waals surface area contributed by atoms with E-state index in [1.807, 2.05) is 19.9 Å². The van der Waals surface area contributed by atoms with Crippen molar-refractivity contribution in [3.05, 3.63) is 39.3 Å². The minimum absolute atomic E-state index is 0.182. The number of aromatic nitrogens is 3. The molecule has 0 aliphatic rings. The van der Waals surface area contributed by atoms with Crippen molar-refractivity contribution in [2.24, 2.45) is 0 Å². The van der Waals surface area contributed by atoms with Gasteiger partial charge in [-0.2, -0.15) is 0 Å². The molecule has 0 fully saturated rings. The van der Waals surface area contributed by atoms with Crippen LogP contribution in [0.2, 0.25) is 0 Å². The zero-order valence-electron chi connectivity index (χ0n) is 10.6. The number of hydrogen-bond acceptors (Lipinski definition) is 5. The highest BCUT2D eigenvalue weighted by molar-refractivity contribution is 9.10. The predicted octanol–water partition coefficient (Wildman–Crippen LogP) is 2.75. The number of nitrogens with one attached hydrogen (secondary N) is 1. The van der Waals surface area contributed by atoms with Crippen LogP contribution < -0.4 is 5.32 Å². The quantitative estimate of drug-likeness (QED) is 0.929. The second kappa shape index (κ2) is 6.21. The topological polar surface area (TPSA) is 67.8 Å². The predicted molar refractivity (Wildman–Crippen MR) is 77.1 cm³/mol. The molecule has 0 aromatic carbocycles. The fourth-order valence-corrected chi connectivity index (χ4v) is 2.29. The summed E-state index contributed by atoms with van der Waals surface area (Å²) in [6.07, 6.45) is 3.33. The van der Waals surface area contributed by atoms with Gasteiger partial charge in [-0.3, -0.25) is 4.79 Å². The number of hydrogen-bond donors (Lipinski definition) is 1. The average molecular weight is 341 g/mol. The van der Waals surface area contributed by atoms with E-state index in [1.165, 1.54) is 11.5 Å². The lowest BCUT2D eigenvalue weighted by Crippen LogP contribution is -2.24. The molecule has 0 radical (unpaired) electrons. The molecule has 2 aromatic heterocycles. The van der Waals surface area contributed by atoms with E-state index in [-0.39, 0.29) is 11.8 Å². The Morgan fingerprint density at radius 1 is 1.53 bits per heavy atom. The maximum Gasteiger partial charge on any atom is 0.271 e. The highest BCUT2D eigenvalue weighted by atomic mass is 79.9. The van der Waals surface area contributed by atoms with Gasteiger partial charge in [-0.15, -0.1) is 0 Å². The van der Waals surface area contributed by atoms with Crippen LogP contribution in [-0.2, 0) is 6.54 Å². The molecule has 5 nitrogen and oxygen atoms in total.